The van der Waals surface area contributed by atoms with Crippen molar-refractivity contribution in [2.45, 2.75) is 51.5 Å². The molecule has 1 saturated heterocycles. The van der Waals surface area contributed by atoms with E-state index in [0.29, 0.717) is 12.7 Å². The van der Waals surface area contributed by atoms with E-state index in [4.69, 9.17) is 4.74 Å². The van der Waals surface area contributed by atoms with Crippen LogP contribution in [0.15, 0.2) is 29.2 Å². The number of amides is 2. The minimum atomic E-state index is -0.995. The number of benzene rings is 1. The predicted octanol–water partition coefficient (Wildman–Crippen LogP) is 2.13. The highest BCUT2D eigenvalue weighted by Crippen LogP contribution is 2.31. The Morgan fingerprint density at radius 1 is 1.31 bits per heavy atom. The van der Waals surface area contributed by atoms with Crippen molar-refractivity contribution in [1.82, 2.24) is 14.8 Å². The number of aromatic nitrogens is 1. The third-order valence-electron chi connectivity index (χ3n) is 5.82. The summed E-state index contributed by atoms with van der Waals surface area (Å²) >= 11 is 0. The molecule has 170 valence electrons. The number of carbonyl (C=O) groups excluding carboxylic acids is 2. The summed E-state index contributed by atoms with van der Waals surface area (Å²) in [6.07, 6.45) is 3.28. The van der Waals surface area contributed by atoms with Gasteiger partial charge in [-0.1, -0.05) is 25.8 Å². The Morgan fingerprint density at radius 2 is 2.09 bits per heavy atom. The largest absolute Gasteiger partial charge is 0.503 e. The summed E-state index contributed by atoms with van der Waals surface area (Å²) < 4.78 is 33.9. The van der Waals surface area contributed by atoms with E-state index in [1.165, 1.54) is 16.8 Å². The van der Waals surface area contributed by atoms with Crippen LogP contribution in [0.4, 0.5) is 8.78 Å². The van der Waals surface area contributed by atoms with Crippen molar-refractivity contribution in [3.63, 3.8) is 0 Å². The molecule has 0 aliphatic carbocycles. The van der Waals surface area contributed by atoms with Crippen LogP contribution in [-0.4, -0.2) is 45.3 Å². The topological polar surface area (TPSA) is 101 Å². The van der Waals surface area contributed by atoms with Crippen LogP contribution in [0.2, 0.25) is 0 Å². The Balaban J connectivity index is 1.58. The van der Waals surface area contributed by atoms with Crippen LogP contribution in [0.25, 0.3) is 0 Å². The molecule has 2 aromatic rings. The Bertz CT molecular complexity index is 1130. The molecule has 2 amide bonds. The molecule has 0 unspecified atom stereocenters. The lowest BCUT2D eigenvalue weighted by Crippen LogP contribution is -2.49. The van der Waals surface area contributed by atoms with Gasteiger partial charge in [-0.3, -0.25) is 14.4 Å². The lowest BCUT2D eigenvalue weighted by atomic mass is 10.1. The van der Waals surface area contributed by atoms with Crippen molar-refractivity contribution in [3.05, 3.63) is 63.1 Å². The van der Waals surface area contributed by atoms with E-state index in [1.54, 1.807) is 4.90 Å². The Morgan fingerprint density at radius 3 is 2.81 bits per heavy atom. The maximum atomic E-state index is 13.8. The number of halogens is 2. The number of unbranched alkanes of at least 4 members (excludes halogenated alkanes) is 1. The number of carbonyl (C=O) groups is 2. The van der Waals surface area contributed by atoms with Crippen LogP contribution in [0, 0.1) is 11.6 Å². The lowest BCUT2D eigenvalue weighted by Gasteiger charge is -2.34. The molecule has 2 atom stereocenters. The van der Waals surface area contributed by atoms with Crippen LogP contribution in [0.1, 0.15) is 52.6 Å². The number of hydrogen-bond donors (Lipinski definition) is 2. The molecule has 32 heavy (non-hydrogen) atoms. The van der Waals surface area contributed by atoms with Crippen LogP contribution in [0.5, 0.6) is 5.75 Å². The van der Waals surface area contributed by atoms with Crippen LogP contribution >= 0.6 is 0 Å². The third-order valence-corrected chi connectivity index (χ3v) is 5.82. The zero-order chi connectivity index (χ0) is 23.0. The van der Waals surface area contributed by atoms with Crippen molar-refractivity contribution in [2.24, 2.45) is 0 Å². The second-order valence-corrected chi connectivity index (χ2v) is 7.94. The standard InChI is InChI=1S/C22H23F2N3O5/c1-2-3-4-14-11-32-17-10-26-9-15(19(28)20(29)18(26)22(31)27(14)17)21(30)25-8-12-5-6-13(23)7-16(12)24/h5-7,9,14,17,29H,2-4,8,10-11H2,1H3,(H,25,30)/t14-,17+/m0/s1. The average Bonchev–Trinajstić information content (AvgIpc) is 3.17. The molecular formula is C22H23F2N3O5. The Labute approximate surface area is 182 Å². The second kappa shape index (κ2) is 8.70. The molecular weight excluding hydrogens is 424 g/mol. The highest BCUT2D eigenvalue weighted by molar-refractivity contribution is 5.99. The van der Waals surface area contributed by atoms with E-state index in [0.717, 1.165) is 25.3 Å². The summed E-state index contributed by atoms with van der Waals surface area (Å²) in [7, 11) is 0. The van der Waals surface area contributed by atoms with Gasteiger partial charge >= 0.3 is 0 Å². The van der Waals surface area contributed by atoms with Crippen LogP contribution in [-0.2, 0) is 17.8 Å². The monoisotopic (exact) mass is 447 g/mol. The van der Waals surface area contributed by atoms with Gasteiger partial charge in [0.05, 0.1) is 19.2 Å². The molecule has 2 aliphatic rings. The van der Waals surface area contributed by atoms with Crippen molar-refractivity contribution in [1.29, 1.82) is 0 Å². The van der Waals surface area contributed by atoms with Crippen molar-refractivity contribution < 1.29 is 28.2 Å². The minimum Gasteiger partial charge on any atom is -0.503 e. The number of nitrogens with one attached hydrogen (secondary N) is 1. The van der Waals surface area contributed by atoms with Gasteiger partial charge in [0.2, 0.25) is 5.43 Å². The molecule has 10 heteroatoms. The predicted molar refractivity (Wildman–Crippen MR) is 109 cm³/mol. The third kappa shape index (κ3) is 3.86. The Hall–Kier alpha value is -3.27. The van der Waals surface area contributed by atoms with Gasteiger partial charge in [-0.25, -0.2) is 8.78 Å². The molecule has 0 saturated carbocycles. The summed E-state index contributed by atoms with van der Waals surface area (Å²) in [6, 6.07) is 2.79. The summed E-state index contributed by atoms with van der Waals surface area (Å²) in [5.74, 6) is -3.77. The number of fused-ring (bicyclic) bond motifs is 2. The van der Waals surface area contributed by atoms with E-state index in [9.17, 15) is 28.3 Å². The molecule has 3 heterocycles. The van der Waals surface area contributed by atoms with E-state index in [-0.39, 0.29) is 30.4 Å². The van der Waals surface area contributed by atoms with Gasteiger partial charge in [-0.15, -0.1) is 0 Å². The fourth-order valence-corrected chi connectivity index (χ4v) is 4.12. The fraction of sp³-hybridized carbons (Fsp3) is 0.409. The zero-order valence-corrected chi connectivity index (χ0v) is 17.4. The average molecular weight is 447 g/mol. The van der Waals surface area contributed by atoms with Crippen LogP contribution in [0.3, 0.4) is 0 Å². The van der Waals surface area contributed by atoms with E-state index < -0.39 is 46.4 Å². The molecule has 1 aromatic heterocycles. The van der Waals surface area contributed by atoms with E-state index in [2.05, 4.69) is 5.32 Å². The molecule has 0 bridgehead atoms. The number of hydrogen-bond acceptors (Lipinski definition) is 5. The molecule has 8 nitrogen and oxygen atoms in total. The first-order chi connectivity index (χ1) is 15.3. The highest BCUT2D eigenvalue weighted by Gasteiger charge is 2.44. The van der Waals surface area contributed by atoms with Gasteiger partial charge in [0, 0.05) is 24.4 Å². The number of aromatic hydroxyl groups is 1. The lowest BCUT2D eigenvalue weighted by molar-refractivity contribution is 0.00544. The summed E-state index contributed by atoms with van der Waals surface area (Å²) in [4.78, 5) is 39.8. The SMILES string of the molecule is CCCC[C@H]1CO[C@@H]2Cn3cc(C(=O)NCc4ccc(F)cc4F)c(=O)c(O)c3C(=O)N12. The van der Waals surface area contributed by atoms with Gasteiger partial charge < -0.3 is 24.6 Å². The molecule has 0 radical (unpaired) electrons. The quantitative estimate of drug-likeness (QED) is 0.707. The second-order valence-electron chi connectivity index (χ2n) is 7.94. The normalized spacial score (nSPS) is 19.6. The molecule has 1 aromatic carbocycles. The number of nitrogens with zero attached hydrogens (tertiary/aromatic N) is 2. The Kier molecular flexibility index (Phi) is 5.96. The molecule has 1 fully saturated rings. The van der Waals surface area contributed by atoms with Crippen molar-refractivity contribution in [2.75, 3.05) is 6.61 Å². The van der Waals surface area contributed by atoms with Crippen molar-refractivity contribution >= 4 is 11.8 Å². The van der Waals surface area contributed by atoms with Crippen LogP contribution < -0.4 is 10.7 Å². The summed E-state index contributed by atoms with van der Waals surface area (Å²) in [5, 5.41) is 12.9. The van der Waals surface area contributed by atoms with Crippen molar-refractivity contribution in [3.8, 4) is 5.75 Å². The van der Waals surface area contributed by atoms with Gasteiger partial charge in [-0.2, -0.15) is 0 Å². The fourth-order valence-electron chi connectivity index (χ4n) is 4.12. The smallest absolute Gasteiger partial charge is 0.276 e. The van der Waals surface area contributed by atoms with Gasteiger partial charge in [0.25, 0.3) is 11.8 Å². The van der Waals surface area contributed by atoms with Gasteiger partial charge in [0.1, 0.15) is 17.2 Å². The zero-order valence-electron chi connectivity index (χ0n) is 17.4. The maximum absolute atomic E-state index is 13.8. The van der Waals surface area contributed by atoms with E-state index >= 15 is 0 Å². The molecule has 0 spiro atoms. The molecule has 2 N–H and O–H groups in total. The summed E-state index contributed by atoms with van der Waals surface area (Å²) in [6.45, 7) is 2.28. The first kappa shape index (κ1) is 21.9. The minimum absolute atomic E-state index is 0.0327. The number of pyridine rings is 1. The highest BCUT2D eigenvalue weighted by atomic mass is 19.1. The van der Waals surface area contributed by atoms with Gasteiger partial charge in [-0.05, 0) is 12.5 Å². The first-order valence-electron chi connectivity index (χ1n) is 10.4. The number of ether oxygens (including phenoxy) is 1. The van der Waals surface area contributed by atoms with Gasteiger partial charge in [0.15, 0.2) is 17.7 Å². The molecule has 2 aliphatic heterocycles. The maximum Gasteiger partial charge on any atom is 0.276 e. The molecule has 4 rings (SSSR count). The first-order valence-corrected chi connectivity index (χ1v) is 10.4. The summed E-state index contributed by atoms with van der Waals surface area (Å²) in [5.41, 5.74) is -1.54. The van der Waals surface area contributed by atoms with E-state index in [1.807, 2.05) is 6.92 Å². The number of rotatable bonds is 6.